The van der Waals surface area contributed by atoms with E-state index >= 15 is 0 Å². The highest BCUT2D eigenvalue weighted by Crippen LogP contribution is 2.34. The van der Waals surface area contributed by atoms with Gasteiger partial charge in [0.15, 0.2) is 0 Å². The van der Waals surface area contributed by atoms with Gasteiger partial charge >= 0.3 is 0 Å². The molecule has 1 saturated heterocycles. The first-order valence-corrected chi connectivity index (χ1v) is 9.23. The van der Waals surface area contributed by atoms with Crippen LogP contribution in [-0.4, -0.2) is 38.5 Å². The molecular formula is C18H12ClN3O6S. The van der Waals surface area contributed by atoms with Gasteiger partial charge < -0.3 is 10.4 Å². The number of anilines is 1. The minimum atomic E-state index is -0.750. The molecule has 11 heteroatoms. The molecule has 2 N–H and O–H groups in total. The number of nitrogens with one attached hydrogen (secondary N) is 1. The topological polar surface area (TPSA) is 130 Å². The summed E-state index contributed by atoms with van der Waals surface area (Å²) in [6, 6.07) is 9.79. The molecule has 0 spiro atoms. The number of aromatic hydroxyl groups is 1. The van der Waals surface area contributed by atoms with E-state index in [0.29, 0.717) is 22.5 Å². The van der Waals surface area contributed by atoms with Crippen molar-refractivity contribution in [2.24, 2.45) is 0 Å². The van der Waals surface area contributed by atoms with Gasteiger partial charge in [0, 0.05) is 17.7 Å². The Hall–Kier alpha value is -3.37. The molecule has 29 heavy (non-hydrogen) atoms. The number of nitrogens with zero attached hydrogens (tertiary/aromatic N) is 2. The predicted octanol–water partition coefficient (Wildman–Crippen LogP) is 3.63. The van der Waals surface area contributed by atoms with Crippen molar-refractivity contribution in [1.29, 1.82) is 0 Å². The highest BCUT2D eigenvalue weighted by Gasteiger charge is 2.36. The van der Waals surface area contributed by atoms with Crippen LogP contribution in [-0.2, 0) is 9.59 Å². The van der Waals surface area contributed by atoms with Crippen LogP contribution < -0.4 is 5.32 Å². The molecule has 2 aromatic carbocycles. The number of imide groups is 1. The lowest BCUT2D eigenvalue weighted by Gasteiger charge is -2.13. The number of carbonyl (C=O) groups excluding carboxylic acids is 3. The van der Waals surface area contributed by atoms with E-state index in [1.165, 1.54) is 6.08 Å². The van der Waals surface area contributed by atoms with Gasteiger partial charge in [-0.2, -0.15) is 0 Å². The summed E-state index contributed by atoms with van der Waals surface area (Å²) in [6.45, 7) is -0.534. The number of nitro benzene ring substituents is 1. The van der Waals surface area contributed by atoms with Gasteiger partial charge in [0.25, 0.3) is 16.8 Å². The summed E-state index contributed by atoms with van der Waals surface area (Å²) in [6.07, 6.45) is 1.17. The maximum atomic E-state index is 12.5. The Balaban J connectivity index is 1.77. The number of non-ortho nitro benzene ring substituents is 1. The summed E-state index contributed by atoms with van der Waals surface area (Å²) < 4.78 is 0. The SMILES string of the molecule is O=C(CN1C(=O)S/C(=C/c2cc([N+](=O)[O-])ccc2O)C1=O)Nc1ccccc1Cl. The van der Waals surface area contributed by atoms with Gasteiger partial charge in [0.2, 0.25) is 5.91 Å². The molecular weight excluding hydrogens is 422 g/mol. The molecule has 1 aliphatic rings. The summed E-state index contributed by atoms with van der Waals surface area (Å²) >= 11 is 6.52. The van der Waals surface area contributed by atoms with Crippen molar-refractivity contribution in [2.45, 2.75) is 0 Å². The van der Waals surface area contributed by atoms with Crippen molar-refractivity contribution >= 4 is 57.9 Å². The Morgan fingerprint density at radius 1 is 1.28 bits per heavy atom. The summed E-state index contributed by atoms with van der Waals surface area (Å²) in [4.78, 5) is 47.7. The predicted molar refractivity (Wildman–Crippen MR) is 108 cm³/mol. The third-order valence-electron chi connectivity index (χ3n) is 3.83. The molecule has 3 amide bonds. The Kier molecular flexibility index (Phi) is 5.85. The van der Waals surface area contributed by atoms with Gasteiger partial charge in [0.05, 0.1) is 20.5 Å². The number of phenolic OH excluding ortho intramolecular Hbond substituents is 1. The number of hydrogen-bond acceptors (Lipinski definition) is 7. The monoisotopic (exact) mass is 433 g/mol. The number of thioether (sulfide) groups is 1. The zero-order valence-electron chi connectivity index (χ0n) is 14.5. The first kappa shape index (κ1) is 20.4. The van der Waals surface area contributed by atoms with Crippen molar-refractivity contribution in [2.75, 3.05) is 11.9 Å². The van der Waals surface area contributed by atoms with Crippen LogP contribution in [0.1, 0.15) is 5.56 Å². The lowest BCUT2D eigenvalue weighted by atomic mass is 10.1. The van der Waals surface area contributed by atoms with E-state index < -0.39 is 28.5 Å². The van der Waals surface area contributed by atoms with Crippen molar-refractivity contribution in [3.63, 3.8) is 0 Å². The fourth-order valence-corrected chi connectivity index (χ4v) is 3.46. The molecule has 0 aromatic heterocycles. The molecule has 0 unspecified atom stereocenters. The lowest BCUT2D eigenvalue weighted by Crippen LogP contribution is -2.36. The van der Waals surface area contributed by atoms with Crippen LogP contribution in [0.5, 0.6) is 5.75 Å². The third-order valence-corrected chi connectivity index (χ3v) is 5.07. The first-order chi connectivity index (χ1) is 13.8. The minimum Gasteiger partial charge on any atom is -0.507 e. The smallest absolute Gasteiger partial charge is 0.294 e. The quantitative estimate of drug-likeness (QED) is 0.418. The van der Waals surface area contributed by atoms with Crippen molar-refractivity contribution < 1.29 is 24.4 Å². The zero-order chi connectivity index (χ0) is 21.1. The van der Waals surface area contributed by atoms with E-state index in [9.17, 15) is 29.6 Å². The highest BCUT2D eigenvalue weighted by atomic mass is 35.5. The standard InChI is InChI=1S/C18H12ClN3O6S/c19-12-3-1-2-4-13(12)20-16(24)9-21-17(25)15(29-18(21)26)8-10-7-11(22(27)28)5-6-14(10)23/h1-8,23H,9H2,(H,20,24)/b15-8+. The van der Waals surface area contributed by atoms with E-state index in [1.54, 1.807) is 24.3 Å². The average Bonchev–Trinajstić information content (AvgIpc) is 2.92. The summed E-state index contributed by atoms with van der Waals surface area (Å²) in [5.41, 5.74) is 0.0563. The van der Waals surface area contributed by atoms with Crippen molar-refractivity contribution in [3.8, 4) is 5.75 Å². The fourth-order valence-electron chi connectivity index (χ4n) is 2.44. The van der Waals surface area contributed by atoms with Crippen LogP contribution in [0, 0.1) is 10.1 Å². The third kappa shape index (κ3) is 4.55. The molecule has 0 bridgehead atoms. The molecule has 0 aliphatic carbocycles. The largest absolute Gasteiger partial charge is 0.507 e. The van der Waals surface area contributed by atoms with Crippen molar-refractivity contribution in [1.82, 2.24) is 4.90 Å². The van der Waals surface area contributed by atoms with Crippen molar-refractivity contribution in [3.05, 3.63) is 68.1 Å². The number of benzene rings is 2. The van der Waals surface area contributed by atoms with Gasteiger partial charge in [0.1, 0.15) is 12.3 Å². The molecule has 1 heterocycles. The molecule has 0 atom stereocenters. The van der Waals surface area contributed by atoms with E-state index in [2.05, 4.69) is 5.32 Å². The maximum Gasteiger partial charge on any atom is 0.294 e. The van der Waals surface area contributed by atoms with Crippen LogP contribution in [0.15, 0.2) is 47.4 Å². The summed E-state index contributed by atoms with van der Waals surface area (Å²) in [5, 5.41) is 22.9. The number of para-hydroxylation sites is 1. The number of amides is 3. The van der Waals surface area contributed by atoms with Crippen LogP contribution in [0.2, 0.25) is 5.02 Å². The summed E-state index contributed by atoms with van der Waals surface area (Å²) in [5.74, 6) is -1.67. The number of rotatable bonds is 5. The number of phenols is 1. The van der Waals surface area contributed by atoms with Crippen LogP contribution >= 0.6 is 23.4 Å². The van der Waals surface area contributed by atoms with E-state index in [4.69, 9.17) is 11.6 Å². The maximum absolute atomic E-state index is 12.5. The second-order valence-corrected chi connectivity index (χ2v) is 7.20. The van der Waals surface area contributed by atoms with Gasteiger partial charge in [-0.15, -0.1) is 0 Å². The highest BCUT2D eigenvalue weighted by molar-refractivity contribution is 8.18. The molecule has 1 fully saturated rings. The van der Waals surface area contributed by atoms with Crippen LogP contribution in [0.25, 0.3) is 6.08 Å². The Bertz CT molecular complexity index is 1070. The molecule has 1 aliphatic heterocycles. The van der Waals surface area contributed by atoms with E-state index in [0.717, 1.165) is 23.1 Å². The van der Waals surface area contributed by atoms with Crippen LogP contribution in [0.3, 0.4) is 0 Å². The molecule has 3 rings (SSSR count). The molecule has 148 valence electrons. The number of hydrogen-bond donors (Lipinski definition) is 2. The normalized spacial score (nSPS) is 15.1. The number of carbonyl (C=O) groups is 3. The van der Waals surface area contributed by atoms with E-state index in [1.807, 2.05) is 0 Å². The van der Waals surface area contributed by atoms with Gasteiger partial charge in [-0.3, -0.25) is 29.4 Å². The van der Waals surface area contributed by atoms with Gasteiger partial charge in [-0.1, -0.05) is 23.7 Å². The first-order valence-electron chi connectivity index (χ1n) is 8.03. The molecule has 0 radical (unpaired) electrons. The van der Waals surface area contributed by atoms with Gasteiger partial charge in [-0.05, 0) is 36.0 Å². The van der Waals surface area contributed by atoms with E-state index in [-0.39, 0.29) is 21.9 Å². The zero-order valence-corrected chi connectivity index (χ0v) is 16.1. The Labute approximate surface area is 173 Å². The van der Waals surface area contributed by atoms with Crippen LogP contribution in [0.4, 0.5) is 16.2 Å². The summed E-state index contributed by atoms with van der Waals surface area (Å²) in [7, 11) is 0. The minimum absolute atomic E-state index is 0.00483. The Morgan fingerprint density at radius 3 is 2.69 bits per heavy atom. The number of halogens is 1. The van der Waals surface area contributed by atoms with Gasteiger partial charge in [-0.25, -0.2) is 0 Å². The molecule has 0 saturated carbocycles. The number of nitro groups is 1. The fraction of sp³-hybridized carbons (Fsp3) is 0.0556. The second-order valence-electron chi connectivity index (χ2n) is 5.80. The molecule has 9 nitrogen and oxygen atoms in total. The molecule has 2 aromatic rings. The Morgan fingerprint density at radius 2 is 2.00 bits per heavy atom. The second kappa shape index (κ2) is 8.33. The lowest BCUT2D eigenvalue weighted by molar-refractivity contribution is -0.384. The average molecular weight is 434 g/mol.